The normalized spacial score (nSPS) is 12.7. The van der Waals surface area contributed by atoms with E-state index < -0.39 is 29.1 Å². The largest absolute Gasteiger partial charge is 1.00 e. The van der Waals surface area contributed by atoms with Gasteiger partial charge < -0.3 is 21.2 Å². The Morgan fingerprint density at radius 1 is 1.10 bits per heavy atom. The van der Waals surface area contributed by atoms with Gasteiger partial charge in [-0.25, -0.2) is 9.69 Å². The van der Waals surface area contributed by atoms with Crippen LogP contribution in [0.4, 0.5) is 11.4 Å². The predicted octanol–water partition coefficient (Wildman–Crippen LogP) is -1.14. The first-order valence-electron chi connectivity index (χ1n) is 8.28. The van der Waals surface area contributed by atoms with E-state index >= 15 is 0 Å². The first-order chi connectivity index (χ1) is 14.3. The maximum atomic E-state index is 13.2. The number of phenols is 1. The molecule has 4 N–H and O–H groups in total. The Morgan fingerprint density at radius 3 is 2.48 bits per heavy atom. The monoisotopic (exact) mass is 450 g/mol. The molecule has 0 unspecified atom stereocenters. The van der Waals surface area contributed by atoms with Gasteiger partial charge in [0.25, 0.3) is 11.8 Å². The van der Waals surface area contributed by atoms with Crippen molar-refractivity contribution in [2.45, 2.75) is 4.90 Å². The average Bonchev–Trinajstić information content (AvgIpc) is 2.73. The Bertz CT molecular complexity index is 1250. The fourth-order valence-electron chi connectivity index (χ4n) is 3.35. The van der Waals surface area contributed by atoms with Crippen molar-refractivity contribution in [3.05, 3.63) is 59.2 Å². The molecule has 4 rings (SSSR count). The van der Waals surface area contributed by atoms with E-state index in [1.54, 1.807) is 12.1 Å². The van der Waals surface area contributed by atoms with Crippen molar-refractivity contribution in [1.29, 1.82) is 0 Å². The van der Waals surface area contributed by atoms with Crippen molar-refractivity contribution >= 4 is 52.0 Å². The van der Waals surface area contributed by atoms with E-state index in [2.05, 4.69) is 9.37 Å². The molecule has 10 nitrogen and oxygen atoms in total. The summed E-state index contributed by atoms with van der Waals surface area (Å²) >= 11 is 0.503. The Hall–Kier alpha value is -2.64. The molecule has 2 amide bonds. The molecule has 12 heteroatoms. The van der Waals surface area contributed by atoms with Crippen LogP contribution in [0.5, 0.6) is 5.75 Å². The van der Waals surface area contributed by atoms with Gasteiger partial charge in [0.05, 0.1) is 33.9 Å². The number of anilines is 2. The van der Waals surface area contributed by atoms with Gasteiger partial charge in [-0.05, 0) is 30.3 Å². The number of rotatable bonds is 5. The second kappa shape index (κ2) is 8.85. The summed E-state index contributed by atoms with van der Waals surface area (Å²) in [5.41, 5.74) is 6.05. The molecule has 0 saturated heterocycles. The molecule has 31 heavy (non-hydrogen) atoms. The number of carboxylic acid groups (broad SMARTS) is 1. The predicted molar refractivity (Wildman–Crippen MR) is 103 cm³/mol. The molecule has 0 atom stereocenters. The molecule has 0 aliphatic carbocycles. The van der Waals surface area contributed by atoms with Crippen LogP contribution >= 0.6 is 12.0 Å². The Balaban J connectivity index is 0.00000272. The smallest absolute Gasteiger partial charge is 0.691 e. The zero-order valence-electron chi connectivity index (χ0n) is 15.8. The van der Waals surface area contributed by atoms with Gasteiger partial charge in [-0.1, -0.05) is 12.1 Å². The van der Waals surface area contributed by atoms with E-state index in [0.29, 0.717) is 22.8 Å². The molecule has 1 aliphatic heterocycles. The van der Waals surface area contributed by atoms with Crippen LogP contribution in [-0.4, -0.2) is 28.0 Å². The van der Waals surface area contributed by atoms with Crippen molar-refractivity contribution in [3.63, 3.8) is 0 Å². The van der Waals surface area contributed by atoms with Crippen LogP contribution in [0, 0.1) is 0 Å². The first kappa shape index (κ1) is 23.0. The number of carbonyl (C=O) groups is 3. The van der Waals surface area contributed by atoms with E-state index in [1.165, 1.54) is 18.2 Å². The molecule has 152 valence electrons. The quantitative estimate of drug-likeness (QED) is 0.108. The van der Waals surface area contributed by atoms with E-state index in [0.717, 1.165) is 17.0 Å². The van der Waals surface area contributed by atoms with Gasteiger partial charge in [-0.2, -0.15) is 4.33 Å². The van der Waals surface area contributed by atoms with E-state index in [-0.39, 0.29) is 57.0 Å². The van der Waals surface area contributed by atoms with Gasteiger partial charge in [0.1, 0.15) is 11.3 Å². The molecule has 1 heterocycles. The van der Waals surface area contributed by atoms with Crippen LogP contribution < -0.4 is 45.4 Å². The van der Waals surface area contributed by atoms with Gasteiger partial charge >= 0.3 is 35.5 Å². The molecule has 1 aliphatic rings. The molecule has 3 aromatic rings. The fraction of sp³-hybridized carbons (Fsp3) is 0. The van der Waals surface area contributed by atoms with E-state index in [1.807, 2.05) is 0 Å². The molecule has 0 fully saturated rings. The number of aromatic carboxylic acids is 1. The minimum absolute atomic E-state index is 0. The van der Waals surface area contributed by atoms with Crippen LogP contribution in [0.25, 0.3) is 10.8 Å². The Labute approximate surface area is 200 Å². The average molecular weight is 450 g/mol. The maximum absolute atomic E-state index is 13.2. The third kappa shape index (κ3) is 3.77. The third-order valence-electron chi connectivity index (χ3n) is 4.65. The fourth-order valence-corrected chi connectivity index (χ4v) is 3.82. The van der Waals surface area contributed by atoms with Crippen LogP contribution in [0.15, 0.2) is 47.4 Å². The van der Waals surface area contributed by atoms with Crippen molar-refractivity contribution in [2.24, 2.45) is 0 Å². The summed E-state index contributed by atoms with van der Waals surface area (Å²) in [4.78, 5) is 38.7. The SMILES string of the molecule is Nc1c(SOO[O-])cc2c3c(cccc13)C(=O)N(c1ccc(O)c(C(=O)O)c1)C2=O.[Na+]. The minimum Gasteiger partial charge on any atom is -0.691 e. The number of aromatic hydroxyl groups is 1. The summed E-state index contributed by atoms with van der Waals surface area (Å²) < 4.78 is 4.32. The number of imide groups is 1. The molecule has 0 saturated carbocycles. The standard InChI is InChI=1S/C19H12N2O8S.Na/c20-16-9-2-1-3-10-15(9)12(7-14(16)30-29-28-27)18(24)21(17(10)23)8-4-5-13(22)11(6-8)19(25)26;/h1-7,22,27H,20H2,(H,25,26);/q;+1/p-1. The first-order valence-corrected chi connectivity index (χ1v) is 9.02. The molecule has 0 radical (unpaired) electrons. The maximum Gasteiger partial charge on any atom is 1.00 e. The summed E-state index contributed by atoms with van der Waals surface area (Å²) in [6.45, 7) is 0. The van der Waals surface area contributed by atoms with Crippen LogP contribution in [0.1, 0.15) is 31.1 Å². The number of carboxylic acids is 1. The zero-order valence-corrected chi connectivity index (χ0v) is 18.6. The Kier molecular flexibility index (Phi) is 6.57. The van der Waals surface area contributed by atoms with Crippen molar-refractivity contribution < 1.29 is 68.8 Å². The van der Waals surface area contributed by atoms with Crippen LogP contribution in [-0.2, 0) is 9.37 Å². The molecule has 0 spiro atoms. The Morgan fingerprint density at radius 2 is 1.81 bits per heavy atom. The van der Waals surface area contributed by atoms with E-state index in [9.17, 15) is 29.9 Å². The molecular weight excluding hydrogens is 439 g/mol. The number of carbonyl (C=O) groups excluding carboxylic acids is 2. The summed E-state index contributed by atoms with van der Waals surface area (Å²) in [5.74, 6) is -3.35. The molecule has 0 aromatic heterocycles. The summed E-state index contributed by atoms with van der Waals surface area (Å²) in [5, 5.41) is 33.2. The molecule has 3 aromatic carbocycles. The van der Waals surface area contributed by atoms with Crippen molar-refractivity contribution in [1.82, 2.24) is 0 Å². The van der Waals surface area contributed by atoms with E-state index in [4.69, 9.17) is 5.73 Å². The summed E-state index contributed by atoms with van der Waals surface area (Å²) in [7, 11) is 0. The number of benzene rings is 3. The van der Waals surface area contributed by atoms with Gasteiger partial charge in [0.15, 0.2) is 0 Å². The second-order valence-electron chi connectivity index (χ2n) is 6.24. The number of amides is 2. The van der Waals surface area contributed by atoms with Crippen LogP contribution in [0.3, 0.4) is 0 Å². The van der Waals surface area contributed by atoms with Gasteiger partial charge in [-0.3, -0.25) is 14.6 Å². The van der Waals surface area contributed by atoms with Crippen LogP contribution in [0.2, 0.25) is 0 Å². The topological polar surface area (TPSA) is 162 Å². The van der Waals surface area contributed by atoms with Gasteiger partial charge in [0.2, 0.25) is 0 Å². The van der Waals surface area contributed by atoms with Gasteiger partial charge in [0, 0.05) is 16.3 Å². The van der Waals surface area contributed by atoms with Crippen molar-refractivity contribution in [3.8, 4) is 5.75 Å². The minimum atomic E-state index is -1.42. The second-order valence-corrected chi connectivity index (χ2v) is 6.98. The van der Waals surface area contributed by atoms with Gasteiger partial charge in [-0.15, -0.1) is 0 Å². The number of nitrogen functional groups attached to an aromatic ring is 1. The van der Waals surface area contributed by atoms with Crippen molar-refractivity contribution in [2.75, 3.05) is 10.6 Å². The summed E-state index contributed by atoms with van der Waals surface area (Å²) in [6.07, 6.45) is 0. The third-order valence-corrected chi connectivity index (χ3v) is 5.29. The molecular formula is C19H11N2NaO8S. The number of hydrogen-bond acceptors (Lipinski definition) is 9. The number of hydrogen-bond donors (Lipinski definition) is 3. The number of nitrogens with zero attached hydrogens (tertiary/aromatic N) is 1. The molecule has 0 bridgehead atoms. The number of nitrogens with two attached hydrogens (primary N) is 1. The summed E-state index contributed by atoms with van der Waals surface area (Å²) in [6, 6.07) is 9.41. The zero-order chi connectivity index (χ0) is 21.6.